The molecule has 1 atom stereocenters. The van der Waals surface area contributed by atoms with Crippen LogP contribution in [0.2, 0.25) is 0 Å². The molecule has 3 amide bonds. The topological polar surface area (TPSA) is 208 Å². The average molecular weight is 469 g/mol. The number of hydrogen-bond acceptors (Lipinski definition) is 9. The lowest BCUT2D eigenvalue weighted by Crippen LogP contribution is -2.32. The number of anilines is 2. The molecule has 0 aromatic carbocycles. The fraction of sp³-hybridized carbons (Fsp3) is 0.278. The second kappa shape index (κ2) is 9.20. The van der Waals surface area contributed by atoms with E-state index < -0.39 is 34.5 Å². The van der Waals surface area contributed by atoms with Crippen LogP contribution >= 0.6 is 0 Å². The lowest BCUT2D eigenvalue weighted by atomic mass is 10.3. The fourth-order valence-electron chi connectivity index (χ4n) is 2.90. The number of aryl methyl sites for hydroxylation is 3. The second-order valence-corrected chi connectivity index (χ2v) is 7.08. The Balaban J connectivity index is 1.72. The SMILES string of the molecule is CC(C#N)NC(=O)c1cc(NC(=O)c2cc(NC(=O)c3cc([N+](=O)[O-])nn3C)nn2C)nn1C. The van der Waals surface area contributed by atoms with E-state index in [9.17, 15) is 24.5 Å². The molecular weight excluding hydrogens is 450 g/mol. The zero-order valence-electron chi connectivity index (χ0n) is 18.4. The lowest BCUT2D eigenvalue weighted by molar-refractivity contribution is -0.389. The third kappa shape index (κ3) is 4.88. The molecular formula is C18H19N11O5. The van der Waals surface area contributed by atoms with E-state index in [1.165, 1.54) is 49.6 Å². The van der Waals surface area contributed by atoms with E-state index in [1.807, 2.05) is 6.07 Å². The Morgan fingerprint density at radius 3 is 1.79 bits per heavy atom. The Kier molecular flexibility index (Phi) is 6.38. The van der Waals surface area contributed by atoms with Crippen molar-refractivity contribution in [2.24, 2.45) is 21.1 Å². The first-order valence-corrected chi connectivity index (χ1v) is 9.59. The van der Waals surface area contributed by atoms with E-state index in [1.54, 1.807) is 0 Å². The van der Waals surface area contributed by atoms with E-state index in [2.05, 4.69) is 31.2 Å². The molecule has 1 unspecified atom stereocenters. The number of nitrogens with zero attached hydrogens (tertiary/aromatic N) is 8. The van der Waals surface area contributed by atoms with Gasteiger partial charge >= 0.3 is 5.82 Å². The summed E-state index contributed by atoms with van der Waals surface area (Å²) in [4.78, 5) is 47.4. The Hall–Kier alpha value is -5.07. The molecule has 0 radical (unpaired) electrons. The predicted octanol–water partition coefficient (Wildman–Crippen LogP) is -0.0582. The van der Waals surface area contributed by atoms with Gasteiger partial charge in [0.1, 0.15) is 17.4 Å². The third-order valence-corrected chi connectivity index (χ3v) is 4.54. The maximum Gasteiger partial charge on any atom is 0.390 e. The summed E-state index contributed by atoms with van der Waals surface area (Å²) >= 11 is 0. The molecule has 0 aliphatic carbocycles. The van der Waals surface area contributed by atoms with Crippen LogP contribution in [0.25, 0.3) is 0 Å². The molecule has 0 aliphatic rings. The molecule has 0 aliphatic heterocycles. The minimum Gasteiger partial charge on any atom is -0.358 e. The number of hydrogen-bond donors (Lipinski definition) is 3. The van der Waals surface area contributed by atoms with Crippen LogP contribution in [0.3, 0.4) is 0 Å². The van der Waals surface area contributed by atoms with Gasteiger partial charge < -0.3 is 26.1 Å². The van der Waals surface area contributed by atoms with Crippen molar-refractivity contribution in [3.63, 3.8) is 0 Å². The molecule has 3 heterocycles. The summed E-state index contributed by atoms with van der Waals surface area (Å²) in [7, 11) is 4.35. The highest BCUT2D eigenvalue weighted by molar-refractivity contribution is 6.06. The molecule has 16 heteroatoms. The van der Waals surface area contributed by atoms with Crippen molar-refractivity contribution in [2.75, 3.05) is 10.6 Å². The monoisotopic (exact) mass is 469 g/mol. The summed E-state index contributed by atoms with van der Waals surface area (Å²) in [5.74, 6) is -2.25. The van der Waals surface area contributed by atoms with Crippen LogP contribution in [0.5, 0.6) is 0 Å². The average Bonchev–Trinajstić information content (AvgIpc) is 3.44. The number of amides is 3. The zero-order valence-corrected chi connectivity index (χ0v) is 18.4. The van der Waals surface area contributed by atoms with Gasteiger partial charge in [0, 0.05) is 26.2 Å². The van der Waals surface area contributed by atoms with Gasteiger partial charge in [-0.25, -0.2) is 0 Å². The molecule has 3 aromatic rings. The van der Waals surface area contributed by atoms with E-state index in [0.717, 1.165) is 10.7 Å². The summed E-state index contributed by atoms with van der Waals surface area (Å²) in [5.41, 5.74) is 0.107. The Morgan fingerprint density at radius 2 is 1.35 bits per heavy atom. The van der Waals surface area contributed by atoms with Crippen LogP contribution in [0, 0.1) is 21.4 Å². The fourth-order valence-corrected chi connectivity index (χ4v) is 2.90. The predicted molar refractivity (Wildman–Crippen MR) is 115 cm³/mol. The molecule has 3 rings (SSSR count). The Bertz CT molecular complexity index is 1340. The minimum absolute atomic E-state index is 0.0214. The molecule has 176 valence electrons. The highest BCUT2D eigenvalue weighted by Gasteiger charge is 2.23. The van der Waals surface area contributed by atoms with Gasteiger partial charge in [0.25, 0.3) is 17.7 Å². The first-order chi connectivity index (χ1) is 16.0. The van der Waals surface area contributed by atoms with Crippen molar-refractivity contribution in [3.05, 3.63) is 45.4 Å². The van der Waals surface area contributed by atoms with E-state index in [-0.39, 0.29) is 28.7 Å². The van der Waals surface area contributed by atoms with Gasteiger partial charge in [-0.05, 0) is 11.8 Å². The van der Waals surface area contributed by atoms with Crippen LogP contribution in [-0.2, 0) is 21.1 Å². The molecule has 0 spiro atoms. The van der Waals surface area contributed by atoms with Gasteiger partial charge in [0.05, 0.1) is 24.3 Å². The van der Waals surface area contributed by atoms with Crippen LogP contribution in [0.15, 0.2) is 18.2 Å². The number of nitrogens with one attached hydrogen (secondary N) is 3. The van der Waals surface area contributed by atoms with E-state index >= 15 is 0 Å². The molecule has 0 fully saturated rings. The van der Waals surface area contributed by atoms with Crippen molar-refractivity contribution >= 4 is 35.2 Å². The molecule has 3 aromatic heterocycles. The highest BCUT2D eigenvalue weighted by atomic mass is 16.6. The van der Waals surface area contributed by atoms with Crippen molar-refractivity contribution in [1.82, 2.24) is 34.7 Å². The van der Waals surface area contributed by atoms with Crippen molar-refractivity contribution < 1.29 is 19.3 Å². The number of rotatable bonds is 7. The van der Waals surface area contributed by atoms with Gasteiger partial charge in [-0.2, -0.15) is 20.1 Å². The third-order valence-electron chi connectivity index (χ3n) is 4.54. The number of nitriles is 1. The summed E-state index contributed by atoms with van der Waals surface area (Å²) < 4.78 is 3.51. The van der Waals surface area contributed by atoms with Gasteiger partial charge in [-0.1, -0.05) is 0 Å². The Morgan fingerprint density at radius 1 is 0.912 bits per heavy atom. The first-order valence-electron chi connectivity index (χ1n) is 9.59. The zero-order chi connectivity index (χ0) is 25.2. The number of aromatic nitrogens is 6. The van der Waals surface area contributed by atoms with Crippen molar-refractivity contribution in [3.8, 4) is 6.07 Å². The van der Waals surface area contributed by atoms with Crippen LogP contribution in [0.1, 0.15) is 38.4 Å². The summed E-state index contributed by atoms with van der Waals surface area (Å²) in [6, 6.07) is 4.82. The van der Waals surface area contributed by atoms with Gasteiger partial charge in [0.15, 0.2) is 17.3 Å². The highest BCUT2D eigenvalue weighted by Crippen LogP contribution is 2.16. The maximum absolute atomic E-state index is 12.7. The molecule has 3 N–H and O–H groups in total. The number of carbonyl (C=O) groups is 3. The molecule has 0 saturated heterocycles. The van der Waals surface area contributed by atoms with Crippen LogP contribution < -0.4 is 16.0 Å². The second-order valence-electron chi connectivity index (χ2n) is 7.08. The maximum atomic E-state index is 12.7. The number of nitro groups is 1. The normalized spacial score (nSPS) is 11.4. The van der Waals surface area contributed by atoms with Gasteiger partial charge in [-0.3, -0.25) is 23.7 Å². The molecule has 34 heavy (non-hydrogen) atoms. The molecule has 0 bridgehead atoms. The number of carbonyl (C=O) groups excluding carboxylic acids is 3. The molecule has 16 nitrogen and oxygen atoms in total. The molecule has 0 saturated carbocycles. The standard InChI is InChI=1S/C18H19N11O5/c1-9(8-19)20-16(30)10-5-13(23-26(10)2)21-17(31)11-6-14(24-27(11)3)22-18(32)12-7-15(29(33)34)25-28(12)4/h5-7,9H,1-4H3,(H,20,30)(H,21,23,31)(H,22,24,32). The van der Waals surface area contributed by atoms with E-state index in [0.29, 0.717) is 0 Å². The lowest BCUT2D eigenvalue weighted by Gasteiger charge is -2.05. The van der Waals surface area contributed by atoms with Gasteiger partial charge in [-0.15, -0.1) is 0 Å². The Labute approximate surface area is 191 Å². The summed E-state index contributed by atoms with van der Waals surface area (Å²) in [6.07, 6.45) is 0. The van der Waals surface area contributed by atoms with Gasteiger partial charge in [0.2, 0.25) is 0 Å². The smallest absolute Gasteiger partial charge is 0.358 e. The summed E-state index contributed by atoms with van der Waals surface area (Å²) in [5, 5.41) is 38.8. The van der Waals surface area contributed by atoms with Crippen molar-refractivity contribution in [2.45, 2.75) is 13.0 Å². The first kappa shape index (κ1) is 23.6. The quantitative estimate of drug-likeness (QED) is 0.312. The van der Waals surface area contributed by atoms with Crippen molar-refractivity contribution in [1.29, 1.82) is 5.26 Å². The van der Waals surface area contributed by atoms with E-state index in [4.69, 9.17) is 5.26 Å². The summed E-state index contributed by atoms with van der Waals surface area (Å²) in [6.45, 7) is 1.52. The minimum atomic E-state index is -0.725. The van der Waals surface area contributed by atoms with Crippen LogP contribution in [-0.4, -0.2) is 58.0 Å². The largest absolute Gasteiger partial charge is 0.390 e. The van der Waals surface area contributed by atoms with Crippen LogP contribution in [0.4, 0.5) is 17.5 Å².